The van der Waals surface area contributed by atoms with Crippen molar-refractivity contribution in [1.29, 1.82) is 0 Å². The maximum Gasteiger partial charge on any atom is 0.407 e. The fourth-order valence-corrected chi connectivity index (χ4v) is 2.21. The van der Waals surface area contributed by atoms with Crippen LogP contribution in [0.15, 0.2) is 30.6 Å². The minimum absolute atomic E-state index is 0.174. The molecule has 0 fully saturated rings. The van der Waals surface area contributed by atoms with Crippen LogP contribution in [-0.4, -0.2) is 54.3 Å². The predicted octanol–water partition coefficient (Wildman–Crippen LogP) is 6.20. The molecule has 0 aliphatic carbocycles. The van der Waals surface area contributed by atoms with E-state index in [1.54, 1.807) is 0 Å². The molecule has 0 aliphatic heterocycles. The monoisotopic (exact) mass is 526 g/mol. The molecule has 1 heterocycles. The average molecular weight is 526 g/mol. The second kappa shape index (κ2) is 8.63. The highest BCUT2D eigenvalue weighted by Gasteiger charge is 2.92. The van der Waals surface area contributed by atoms with Crippen LogP contribution in [0.4, 0.5) is 74.6 Å². The van der Waals surface area contributed by atoms with Crippen molar-refractivity contribution in [2.24, 2.45) is 0 Å². The van der Waals surface area contributed by atoms with Crippen LogP contribution >= 0.6 is 0 Å². The van der Waals surface area contributed by atoms with Crippen molar-refractivity contribution in [2.75, 3.05) is 0 Å². The zero-order chi connectivity index (χ0) is 26.4. The van der Waals surface area contributed by atoms with Crippen LogP contribution in [0.5, 0.6) is 0 Å². The molecule has 0 N–H and O–H groups in total. The summed E-state index contributed by atoms with van der Waals surface area (Å²) in [5, 5.41) is 0. The Morgan fingerprint density at radius 1 is 0.485 bits per heavy atom. The van der Waals surface area contributed by atoms with Gasteiger partial charge in [-0.05, 0) is 0 Å². The maximum absolute atomic E-state index is 13.8. The van der Waals surface area contributed by atoms with Crippen LogP contribution in [-0.2, 0) is 0 Å². The fraction of sp³-hybridized carbons (Fsp3) is 0.667. The van der Waals surface area contributed by atoms with E-state index >= 15 is 0 Å². The van der Waals surface area contributed by atoms with Crippen LogP contribution in [0.25, 0.3) is 0 Å². The summed E-state index contributed by atoms with van der Waals surface area (Å²) in [5.74, 6) is -47.3. The molecule has 192 valence electrons. The molecular weight excluding hydrogens is 517 g/mol. The number of pyridine rings is 1. The highest BCUT2D eigenvalue weighted by atomic mass is 19.4. The van der Waals surface area contributed by atoms with E-state index in [0.29, 0.717) is 12.1 Å². The molecule has 0 radical (unpaired) electrons. The largest absolute Gasteiger partial charge is 0.407 e. The summed E-state index contributed by atoms with van der Waals surface area (Å²) in [4.78, 5) is 0. The third-order valence-corrected chi connectivity index (χ3v) is 4.19. The van der Waals surface area contributed by atoms with E-state index in [1.165, 1.54) is 0 Å². The van der Waals surface area contributed by atoms with Gasteiger partial charge in [0.15, 0.2) is 18.6 Å². The SMILES string of the molecule is FC(F)C(F)C(F)C(F)(F)C(F)(F)C(F)(F)C(F)(F)C(F)(F)C(F)(F)C(F)[n+]1ccccc1. The summed E-state index contributed by atoms with van der Waals surface area (Å²) in [6, 6.07) is 2.22. The summed E-state index contributed by atoms with van der Waals surface area (Å²) >= 11 is 0. The van der Waals surface area contributed by atoms with Crippen molar-refractivity contribution in [2.45, 2.75) is 60.6 Å². The zero-order valence-electron chi connectivity index (χ0n) is 15.1. The highest BCUT2D eigenvalue weighted by molar-refractivity contribution is 5.13. The van der Waals surface area contributed by atoms with Gasteiger partial charge >= 0.3 is 41.8 Å². The first-order valence-corrected chi connectivity index (χ1v) is 7.96. The minimum Gasteiger partial charge on any atom is -0.238 e. The lowest BCUT2D eigenvalue weighted by Gasteiger charge is -2.41. The van der Waals surface area contributed by atoms with E-state index in [-0.39, 0.29) is 12.4 Å². The van der Waals surface area contributed by atoms with E-state index in [1.807, 2.05) is 0 Å². The number of halogens is 17. The van der Waals surface area contributed by atoms with Gasteiger partial charge in [-0.1, -0.05) is 6.07 Å². The smallest absolute Gasteiger partial charge is 0.238 e. The fourth-order valence-electron chi connectivity index (χ4n) is 2.21. The summed E-state index contributed by atoms with van der Waals surface area (Å²) < 4.78 is 226. The van der Waals surface area contributed by atoms with E-state index in [0.717, 1.165) is 6.07 Å². The molecule has 0 spiro atoms. The minimum atomic E-state index is -8.37. The Balaban J connectivity index is 3.56. The molecule has 3 atom stereocenters. The van der Waals surface area contributed by atoms with Crippen molar-refractivity contribution >= 4 is 0 Å². The van der Waals surface area contributed by atoms with Gasteiger partial charge in [-0.25, -0.2) is 17.6 Å². The number of hydrogen-bond donors (Lipinski definition) is 0. The summed E-state index contributed by atoms with van der Waals surface area (Å²) in [6.07, 6.45) is -19.9. The molecule has 18 heteroatoms. The first-order valence-electron chi connectivity index (χ1n) is 7.96. The van der Waals surface area contributed by atoms with Crippen molar-refractivity contribution in [3.8, 4) is 0 Å². The molecular formula is C15H9F17N+. The predicted molar refractivity (Wildman–Crippen MR) is 72.3 cm³/mol. The number of alkyl halides is 17. The standard InChI is InChI=1S/C15H9F17N/c16-6(8(18)19)7(17)10(21,22)12(25,26)14(29,30)15(31,32)13(27,28)11(23,24)9(20)33-4-2-1-3-5-33/h1-9H/q+1. The molecule has 3 unspecified atom stereocenters. The van der Waals surface area contributed by atoms with Gasteiger partial charge in [-0.2, -0.15) is 61.6 Å². The first kappa shape index (κ1) is 29.0. The number of nitrogens with zero attached hydrogens (tertiary/aromatic N) is 1. The Morgan fingerprint density at radius 2 is 0.848 bits per heavy atom. The van der Waals surface area contributed by atoms with Crippen molar-refractivity contribution < 1.29 is 79.2 Å². The second-order valence-electron chi connectivity index (χ2n) is 6.38. The van der Waals surface area contributed by atoms with Crippen LogP contribution in [0.1, 0.15) is 6.30 Å². The highest BCUT2D eigenvalue weighted by Crippen LogP contribution is 2.62. The van der Waals surface area contributed by atoms with Crippen LogP contribution in [0.3, 0.4) is 0 Å². The summed E-state index contributed by atoms with van der Waals surface area (Å²) in [7, 11) is 0. The number of aromatic nitrogens is 1. The van der Waals surface area contributed by atoms with Gasteiger partial charge in [0.1, 0.15) is 0 Å². The molecule has 1 aromatic rings. The lowest BCUT2D eigenvalue weighted by Crippen LogP contribution is -2.73. The van der Waals surface area contributed by atoms with Gasteiger partial charge in [-0.15, -0.1) is 0 Å². The lowest BCUT2D eigenvalue weighted by atomic mass is 9.88. The molecule has 0 aliphatic rings. The van der Waals surface area contributed by atoms with E-state index in [2.05, 4.69) is 0 Å². The lowest BCUT2D eigenvalue weighted by molar-refractivity contribution is -0.772. The maximum atomic E-state index is 13.8. The van der Waals surface area contributed by atoms with Crippen molar-refractivity contribution in [1.82, 2.24) is 0 Å². The molecule has 0 saturated carbocycles. The average Bonchev–Trinajstić information content (AvgIpc) is 2.71. The van der Waals surface area contributed by atoms with Gasteiger partial charge in [0, 0.05) is 12.1 Å². The zero-order valence-corrected chi connectivity index (χ0v) is 15.1. The molecule has 33 heavy (non-hydrogen) atoms. The van der Waals surface area contributed by atoms with Gasteiger partial charge in [-0.3, -0.25) is 0 Å². The van der Waals surface area contributed by atoms with Gasteiger partial charge in [0.25, 0.3) is 6.43 Å². The van der Waals surface area contributed by atoms with Gasteiger partial charge < -0.3 is 0 Å². The van der Waals surface area contributed by atoms with E-state index in [4.69, 9.17) is 0 Å². The topological polar surface area (TPSA) is 3.88 Å². The molecule has 0 saturated heterocycles. The van der Waals surface area contributed by atoms with E-state index < -0.39 is 65.2 Å². The molecule has 0 bridgehead atoms. The number of rotatable bonds is 10. The quantitative estimate of drug-likeness (QED) is 0.253. The van der Waals surface area contributed by atoms with Crippen molar-refractivity contribution in [3.63, 3.8) is 0 Å². The molecule has 1 aromatic heterocycles. The van der Waals surface area contributed by atoms with Gasteiger partial charge in [0.2, 0.25) is 6.17 Å². The number of hydrogen-bond acceptors (Lipinski definition) is 0. The Bertz CT molecular complexity index is 793. The molecule has 1 rings (SSSR count). The van der Waals surface area contributed by atoms with Crippen LogP contribution in [0.2, 0.25) is 0 Å². The Morgan fingerprint density at radius 3 is 1.21 bits per heavy atom. The van der Waals surface area contributed by atoms with Crippen molar-refractivity contribution in [3.05, 3.63) is 30.6 Å². The molecule has 0 aromatic carbocycles. The summed E-state index contributed by atoms with van der Waals surface area (Å²) in [5.41, 5.74) is 0. The normalized spacial score (nSPS) is 17.8. The summed E-state index contributed by atoms with van der Waals surface area (Å²) in [6.45, 7) is 0. The van der Waals surface area contributed by atoms with Crippen LogP contribution < -0.4 is 4.57 Å². The molecule has 1 nitrogen and oxygen atoms in total. The van der Waals surface area contributed by atoms with Gasteiger partial charge in [0.05, 0.1) is 0 Å². The molecule has 0 amide bonds. The Labute approximate surface area is 171 Å². The second-order valence-corrected chi connectivity index (χ2v) is 6.38. The van der Waals surface area contributed by atoms with E-state index in [9.17, 15) is 74.6 Å². The third kappa shape index (κ3) is 4.17. The van der Waals surface area contributed by atoms with Crippen LogP contribution in [0, 0.1) is 0 Å². The first-order chi connectivity index (χ1) is 14.5. The Kier molecular flexibility index (Phi) is 7.58. The Hall–Kier alpha value is -2.04. The third-order valence-electron chi connectivity index (χ3n) is 4.19.